The van der Waals surface area contributed by atoms with Gasteiger partial charge in [0.25, 0.3) is 0 Å². The molecule has 0 unspecified atom stereocenters. The summed E-state index contributed by atoms with van der Waals surface area (Å²) in [7, 11) is 2.09. The molecule has 2 heterocycles. The van der Waals surface area contributed by atoms with E-state index in [1.807, 2.05) is 4.90 Å². The number of nitrogens with one attached hydrogen (secondary N) is 1. The minimum Gasteiger partial charge on any atom is -0.352 e. The minimum absolute atomic E-state index is 0.180. The molecule has 0 radical (unpaired) electrons. The highest BCUT2D eigenvalue weighted by Gasteiger charge is 2.20. The highest BCUT2D eigenvalue weighted by molar-refractivity contribution is 5.43. The molecule has 1 aromatic heterocycles. The lowest BCUT2D eigenvalue weighted by atomic mass is 10.2. The maximum absolute atomic E-state index is 14.4. The van der Waals surface area contributed by atoms with Crippen molar-refractivity contribution >= 4 is 5.82 Å². The lowest BCUT2D eigenvalue weighted by Gasteiger charge is -2.33. The Morgan fingerprint density at radius 1 is 1.32 bits per heavy atom. The van der Waals surface area contributed by atoms with Crippen LogP contribution in [0.3, 0.4) is 0 Å². The summed E-state index contributed by atoms with van der Waals surface area (Å²) in [5.41, 5.74) is 0.692. The largest absolute Gasteiger partial charge is 0.352 e. The van der Waals surface area contributed by atoms with Crippen LogP contribution < -0.4 is 10.2 Å². The zero-order chi connectivity index (χ0) is 13.8. The summed E-state index contributed by atoms with van der Waals surface area (Å²) in [4.78, 5) is 8.50. The molecule has 1 aromatic rings. The minimum atomic E-state index is -0.180. The quantitative estimate of drug-likeness (QED) is 0.894. The first kappa shape index (κ1) is 14.2. The predicted octanol–water partition coefficient (Wildman–Crippen LogP) is 1.47. The molecule has 2 rings (SSSR count). The van der Waals surface area contributed by atoms with Crippen LogP contribution in [0.25, 0.3) is 0 Å². The third-order valence-corrected chi connectivity index (χ3v) is 3.45. The van der Waals surface area contributed by atoms with E-state index in [1.54, 1.807) is 12.3 Å². The first-order valence-corrected chi connectivity index (χ1v) is 6.88. The number of pyridine rings is 1. The molecule has 1 aliphatic rings. The van der Waals surface area contributed by atoms with E-state index < -0.39 is 0 Å². The number of aromatic nitrogens is 1. The van der Waals surface area contributed by atoms with Crippen LogP contribution in [0.4, 0.5) is 10.2 Å². The van der Waals surface area contributed by atoms with Gasteiger partial charge in [-0.3, -0.25) is 0 Å². The van der Waals surface area contributed by atoms with Crippen molar-refractivity contribution in [2.45, 2.75) is 26.4 Å². The third kappa shape index (κ3) is 3.64. The van der Waals surface area contributed by atoms with E-state index in [0.717, 1.165) is 26.2 Å². The molecule has 0 aromatic carbocycles. The number of anilines is 1. The van der Waals surface area contributed by atoms with Crippen molar-refractivity contribution < 1.29 is 4.39 Å². The van der Waals surface area contributed by atoms with E-state index in [4.69, 9.17) is 0 Å². The van der Waals surface area contributed by atoms with Gasteiger partial charge in [0, 0.05) is 50.5 Å². The second-order valence-corrected chi connectivity index (χ2v) is 5.43. The molecule has 1 fully saturated rings. The van der Waals surface area contributed by atoms with Crippen LogP contribution in [-0.2, 0) is 6.54 Å². The molecule has 0 bridgehead atoms. The fourth-order valence-electron chi connectivity index (χ4n) is 2.16. The van der Waals surface area contributed by atoms with E-state index in [-0.39, 0.29) is 5.82 Å². The third-order valence-electron chi connectivity index (χ3n) is 3.45. The van der Waals surface area contributed by atoms with Gasteiger partial charge in [-0.25, -0.2) is 9.37 Å². The normalized spacial score (nSPS) is 17.2. The molecular formula is C14H23FN4. The Labute approximate surface area is 114 Å². The van der Waals surface area contributed by atoms with E-state index in [1.165, 1.54) is 0 Å². The number of piperazine rings is 1. The fourth-order valence-corrected chi connectivity index (χ4v) is 2.16. The van der Waals surface area contributed by atoms with Gasteiger partial charge in [0.05, 0.1) is 0 Å². The van der Waals surface area contributed by atoms with Crippen molar-refractivity contribution in [1.82, 2.24) is 15.2 Å². The number of rotatable bonds is 4. The molecule has 0 amide bonds. The maximum atomic E-state index is 14.4. The van der Waals surface area contributed by atoms with Gasteiger partial charge in [-0.1, -0.05) is 13.8 Å². The Balaban J connectivity index is 2.10. The monoisotopic (exact) mass is 266 g/mol. The van der Waals surface area contributed by atoms with Crippen LogP contribution in [0.15, 0.2) is 12.3 Å². The molecule has 0 spiro atoms. The van der Waals surface area contributed by atoms with Gasteiger partial charge in [-0.15, -0.1) is 0 Å². The standard InChI is InChI=1S/C14H23FN4/c1-11(2)17-10-12-4-5-16-14(13(12)15)19-8-6-18(3)7-9-19/h4-5,11,17H,6-10H2,1-3H3. The maximum Gasteiger partial charge on any atom is 0.170 e. The summed E-state index contributed by atoms with van der Waals surface area (Å²) in [5.74, 6) is 0.316. The zero-order valence-corrected chi connectivity index (χ0v) is 12.0. The Morgan fingerprint density at radius 2 is 2.00 bits per heavy atom. The first-order valence-electron chi connectivity index (χ1n) is 6.88. The molecule has 19 heavy (non-hydrogen) atoms. The van der Waals surface area contributed by atoms with Crippen molar-refractivity contribution in [3.05, 3.63) is 23.6 Å². The Morgan fingerprint density at radius 3 is 2.63 bits per heavy atom. The van der Waals surface area contributed by atoms with Crippen LogP contribution >= 0.6 is 0 Å². The number of likely N-dealkylation sites (N-methyl/N-ethyl adjacent to an activating group) is 1. The van der Waals surface area contributed by atoms with Crippen LogP contribution in [0, 0.1) is 5.82 Å². The van der Waals surface area contributed by atoms with Gasteiger partial charge in [-0.05, 0) is 13.1 Å². The number of hydrogen-bond donors (Lipinski definition) is 1. The Kier molecular flexibility index (Phi) is 4.71. The highest BCUT2D eigenvalue weighted by Crippen LogP contribution is 2.20. The summed E-state index contributed by atoms with van der Waals surface area (Å²) >= 11 is 0. The molecule has 1 saturated heterocycles. The topological polar surface area (TPSA) is 31.4 Å². The fraction of sp³-hybridized carbons (Fsp3) is 0.643. The second-order valence-electron chi connectivity index (χ2n) is 5.43. The number of halogens is 1. The molecular weight excluding hydrogens is 243 g/mol. The first-order chi connectivity index (χ1) is 9.08. The lowest BCUT2D eigenvalue weighted by Crippen LogP contribution is -2.45. The molecule has 4 nitrogen and oxygen atoms in total. The Hall–Kier alpha value is -1.20. The highest BCUT2D eigenvalue weighted by atomic mass is 19.1. The van der Waals surface area contributed by atoms with Gasteiger partial charge < -0.3 is 15.1 Å². The van der Waals surface area contributed by atoms with Crippen LogP contribution in [0.5, 0.6) is 0 Å². The van der Waals surface area contributed by atoms with E-state index in [9.17, 15) is 4.39 Å². The molecule has 0 atom stereocenters. The van der Waals surface area contributed by atoms with Crippen molar-refractivity contribution in [1.29, 1.82) is 0 Å². The SMILES string of the molecule is CC(C)NCc1ccnc(N2CCN(C)CC2)c1F. The number of nitrogens with zero attached hydrogens (tertiary/aromatic N) is 3. The molecule has 1 aliphatic heterocycles. The van der Waals surface area contributed by atoms with Crippen LogP contribution in [0.1, 0.15) is 19.4 Å². The second kappa shape index (κ2) is 6.30. The average Bonchev–Trinajstić information content (AvgIpc) is 2.39. The van der Waals surface area contributed by atoms with Gasteiger partial charge in [0.15, 0.2) is 11.6 Å². The van der Waals surface area contributed by atoms with E-state index >= 15 is 0 Å². The number of hydrogen-bond acceptors (Lipinski definition) is 4. The Bertz CT molecular complexity index is 414. The molecule has 0 aliphatic carbocycles. The van der Waals surface area contributed by atoms with Crippen molar-refractivity contribution in [3.8, 4) is 0 Å². The van der Waals surface area contributed by atoms with Gasteiger partial charge in [0.1, 0.15) is 0 Å². The summed E-state index contributed by atoms with van der Waals surface area (Å²) in [6, 6.07) is 2.10. The smallest absolute Gasteiger partial charge is 0.170 e. The van der Waals surface area contributed by atoms with Crippen molar-refractivity contribution in [2.75, 3.05) is 38.1 Å². The van der Waals surface area contributed by atoms with E-state index in [2.05, 4.69) is 36.1 Å². The van der Waals surface area contributed by atoms with Crippen LogP contribution in [-0.4, -0.2) is 49.2 Å². The molecule has 5 heteroatoms. The van der Waals surface area contributed by atoms with E-state index in [0.29, 0.717) is 24.0 Å². The summed E-state index contributed by atoms with van der Waals surface area (Å²) < 4.78 is 14.4. The predicted molar refractivity (Wildman–Crippen MR) is 75.9 cm³/mol. The lowest BCUT2D eigenvalue weighted by molar-refractivity contribution is 0.310. The summed E-state index contributed by atoms with van der Waals surface area (Å²) in [6.07, 6.45) is 1.70. The van der Waals surface area contributed by atoms with Gasteiger partial charge in [-0.2, -0.15) is 0 Å². The van der Waals surface area contributed by atoms with Crippen LogP contribution in [0.2, 0.25) is 0 Å². The molecule has 1 N–H and O–H groups in total. The average molecular weight is 266 g/mol. The summed E-state index contributed by atoms with van der Waals surface area (Å²) in [5, 5.41) is 3.25. The van der Waals surface area contributed by atoms with Gasteiger partial charge >= 0.3 is 0 Å². The van der Waals surface area contributed by atoms with Gasteiger partial charge in [0.2, 0.25) is 0 Å². The van der Waals surface area contributed by atoms with Crippen molar-refractivity contribution in [2.24, 2.45) is 0 Å². The summed E-state index contributed by atoms with van der Waals surface area (Å²) in [6.45, 7) is 8.24. The molecule has 0 saturated carbocycles. The molecule has 106 valence electrons. The van der Waals surface area contributed by atoms with Crippen molar-refractivity contribution in [3.63, 3.8) is 0 Å². The zero-order valence-electron chi connectivity index (χ0n) is 12.0.